The summed E-state index contributed by atoms with van der Waals surface area (Å²) in [7, 11) is 1.99. The molecular weight excluding hydrogens is 300 g/mol. The summed E-state index contributed by atoms with van der Waals surface area (Å²) in [6, 6.07) is 1.93. The van der Waals surface area contributed by atoms with Gasteiger partial charge in [-0.3, -0.25) is 4.79 Å². The SMILES string of the molecule is CNC1(C)CCN(C(=O)c2sccc2Br)CC1. The Labute approximate surface area is 114 Å². The second kappa shape index (κ2) is 5.08. The van der Waals surface area contributed by atoms with Crippen LogP contribution in [0.25, 0.3) is 0 Å². The first-order chi connectivity index (χ1) is 8.06. The highest BCUT2D eigenvalue weighted by Crippen LogP contribution is 2.27. The molecule has 17 heavy (non-hydrogen) atoms. The van der Waals surface area contributed by atoms with Crippen LogP contribution in [0, 0.1) is 0 Å². The molecule has 1 saturated heterocycles. The van der Waals surface area contributed by atoms with Crippen molar-refractivity contribution in [1.82, 2.24) is 10.2 Å². The molecule has 0 saturated carbocycles. The first-order valence-corrected chi connectivity index (χ1v) is 7.44. The smallest absolute Gasteiger partial charge is 0.265 e. The van der Waals surface area contributed by atoms with E-state index in [4.69, 9.17) is 0 Å². The molecule has 0 radical (unpaired) electrons. The van der Waals surface area contributed by atoms with Crippen LogP contribution < -0.4 is 5.32 Å². The van der Waals surface area contributed by atoms with Crippen LogP contribution >= 0.6 is 27.3 Å². The Hall–Kier alpha value is -0.390. The van der Waals surface area contributed by atoms with Crippen molar-refractivity contribution in [2.24, 2.45) is 0 Å². The van der Waals surface area contributed by atoms with E-state index in [0.717, 1.165) is 35.3 Å². The van der Waals surface area contributed by atoms with Gasteiger partial charge in [0.2, 0.25) is 0 Å². The lowest BCUT2D eigenvalue weighted by molar-refractivity contribution is 0.0666. The first-order valence-electron chi connectivity index (χ1n) is 5.77. The second-order valence-corrected chi connectivity index (χ2v) is 6.47. The topological polar surface area (TPSA) is 32.3 Å². The number of carbonyl (C=O) groups excluding carboxylic acids is 1. The third-order valence-corrected chi connectivity index (χ3v) is 5.39. The summed E-state index contributed by atoms with van der Waals surface area (Å²) in [4.78, 5) is 15.0. The van der Waals surface area contributed by atoms with Gasteiger partial charge in [0.25, 0.3) is 5.91 Å². The van der Waals surface area contributed by atoms with E-state index in [0.29, 0.717) is 0 Å². The number of halogens is 1. The van der Waals surface area contributed by atoms with Gasteiger partial charge in [0.1, 0.15) is 4.88 Å². The van der Waals surface area contributed by atoms with Crippen molar-refractivity contribution < 1.29 is 4.79 Å². The Morgan fingerprint density at radius 1 is 1.53 bits per heavy atom. The van der Waals surface area contributed by atoms with Crippen LogP contribution in [0.15, 0.2) is 15.9 Å². The van der Waals surface area contributed by atoms with Gasteiger partial charge in [0.05, 0.1) is 0 Å². The fourth-order valence-electron chi connectivity index (χ4n) is 2.04. The zero-order valence-electron chi connectivity index (χ0n) is 10.1. The van der Waals surface area contributed by atoms with E-state index >= 15 is 0 Å². The molecular formula is C12H17BrN2OS. The van der Waals surface area contributed by atoms with Crippen LogP contribution in [0.3, 0.4) is 0 Å². The number of thiophene rings is 1. The van der Waals surface area contributed by atoms with Gasteiger partial charge in [-0.2, -0.15) is 0 Å². The number of hydrogen-bond acceptors (Lipinski definition) is 3. The number of nitrogens with one attached hydrogen (secondary N) is 1. The summed E-state index contributed by atoms with van der Waals surface area (Å²) in [5.74, 6) is 0.157. The Morgan fingerprint density at radius 3 is 2.65 bits per heavy atom. The molecule has 0 bridgehead atoms. The molecule has 1 aliphatic heterocycles. The maximum absolute atomic E-state index is 12.3. The van der Waals surface area contributed by atoms with Gasteiger partial charge >= 0.3 is 0 Å². The van der Waals surface area contributed by atoms with E-state index < -0.39 is 0 Å². The van der Waals surface area contributed by atoms with Gasteiger partial charge in [-0.15, -0.1) is 11.3 Å². The monoisotopic (exact) mass is 316 g/mol. The number of rotatable bonds is 2. The summed E-state index contributed by atoms with van der Waals surface area (Å²) in [6.45, 7) is 3.89. The minimum atomic E-state index is 0.157. The van der Waals surface area contributed by atoms with E-state index in [1.54, 1.807) is 0 Å². The van der Waals surface area contributed by atoms with Crippen molar-refractivity contribution in [2.75, 3.05) is 20.1 Å². The van der Waals surface area contributed by atoms with E-state index in [-0.39, 0.29) is 11.4 Å². The Morgan fingerprint density at radius 2 is 2.18 bits per heavy atom. The zero-order chi connectivity index (χ0) is 12.5. The molecule has 2 rings (SSSR count). The van der Waals surface area contributed by atoms with Crippen molar-refractivity contribution >= 4 is 33.2 Å². The number of nitrogens with zero attached hydrogens (tertiary/aromatic N) is 1. The third-order valence-electron chi connectivity index (χ3n) is 3.57. The van der Waals surface area contributed by atoms with Crippen LogP contribution in [0.5, 0.6) is 0 Å². The van der Waals surface area contributed by atoms with Crippen molar-refractivity contribution in [3.05, 3.63) is 20.8 Å². The molecule has 0 atom stereocenters. The molecule has 1 fully saturated rings. The van der Waals surface area contributed by atoms with Gasteiger partial charge in [0.15, 0.2) is 0 Å². The highest BCUT2D eigenvalue weighted by atomic mass is 79.9. The molecule has 1 aromatic rings. The maximum atomic E-state index is 12.3. The van der Waals surface area contributed by atoms with Gasteiger partial charge in [0, 0.05) is 23.1 Å². The summed E-state index contributed by atoms with van der Waals surface area (Å²) in [6.07, 6.45) is 2.02. The molecule has 0 spiro atoms. The summed E-state index contributed by atoms with van der Waals surface area (Å²) < 4.78 is 0.912. The summed E-state index contributed by atoms with van der Waals surface area (Å²) in [5, 5.41) is 5.28. The standard InChI is InChI=1S/C12H17BrN2OS/c1-12(14-2)4-6-15(7-5-12)11(16)10-9(13)3-8-17-10/h3,8,14H,4-7H2,1-2H3. The molecule has 1 amide bonds. The van der Waals surface area contributed by atoms with Gasteiger partial charge in [-0.25, -0.2) is 0 Å². The number of carbonyl (C=O) groups is 1. The van der Waals surface area contributed by atoms with E-state index in [2.05, 4.69) is 28.2 Å². The average Bonchev–Trinajstić information content (AvgIpc) is 2.76. The number of amides is 1. The average molecular weight is 317 g/mol. The number of likely N-dealkylation sites (tertiary alicyclic amines) is 1. The van der Waals surface area contributed by atoms with Crippen LogP contribution in [-0.2, 0) is 0 Å². The predicted octanol–water partition coefficient (Wildman–Crippen LogP) is 2.72. The molecule has 2 heterocycles. The van der Waals surface area contributed by atoms with E-state index in [1.165, 1.54) is 11.3 Å². The largest absolute Gasteiger partial charge is 0.338 e. The minimum absolute atomic E-state index is 0.157. The Bertz CT molecular complexity index is 410. The number of piperidine rings is 1. The summed E-state index contributed by atoms with van der Waals surface area (Å²) in [5.41, 5.74) is 0.184. The molecule has 0 aliphatic carbocycles. The van der Waals surface area contributed by atoms with Crippen molar-refractivity contribution in [3.8, 4) is 0 Å². The maximum Gasteiger partial charge on any atom is 0.265 e. The van der Waals surface area contributed by atoms with Crippen molar-refractivity contribution in [2.45, 2.75) is 25.3 Å². The number of hydrogen-bond donors (Lipinski definition) is 1. The molecule has 1 N–H and O–H groups in total. The van der Waals surface area contributed by atoms with Crippen LogP contribution in [-0.4, -0.2) is 36.5 Å². The predicted molar refractivity (Wildman–Crippen MR) is 74.6 cm³/mol. The lowest BCUT2D eigenvalue weighted by atomic mass is 9.90. The fourth-order valence-corrected chi connectivity index (χ4v) is 3.55. The molecule has 3 nitrogen and oxygen atoms in total. The minimum Gasteiger partial charge on any atom is -0.338 e. The van der Waals surface area contributed by atoms with Crippen LogP contribution in [0.1, 0.15) is 29.4 Å². The molecule has 5 heteroatoms. The highest BCUT2D eigenvalue weighted by Gasteiger charge is 2.31. The Balaban J connectivity index is 2.02. The highest BCUT2D eigenvalue weighted by molar-refractivity contribution is 9.10. The van der Waals surface area contributed by atoms with Gasteiger partial charge in [-0.05, 0) is 54.2 Å². The molecule has 1 aromatic heterocycles. The Kier molecular flexibility index (Phi) is 3.90. The van der Waals surface area contributed by atoms with Crippen molar-refractivity contribution in [1.29, 1.82) is 0 Å². The fraction of sp³-hybridized carbons (Fsp3) is 0.583. The second-order valence-electron chi connectivity index (χ2n) is 4.70. The van der Waals surface area contributed by atoms with Crippen molar-refractivity contribution in [3.63, 3.8) is 0 Å². The quantitative estimate of drug-likeness (QED) is 0.910. The molecule has 0 aromatic carbocycles. The van der Waals surface area contributed by atoms with Crippen LogP contribution in [0.2, 0.25) is 0 Å². The first kappa shape index (κ1) is 13.1. The van der Waals surface area contributed by atoms with Crippen LogP contribution in [0.4, 0.5) is 0 Å². The zero-order valence-corrected chi connectivity index (χ0v) is 12.5. The lowest BCUT2D eigenvalue weighted by Gasteiger charge is -2.39. The molecule has 0 unspecified atom stereocenters. The van der Waals surface area contributed by atoms with Gasteiger partial charge < -0.3 is 10.2 Å². The third kappa shape index (κ3) is 2.72. The summed E-state index contributed by atoms with van der Waals surface area (Å²) >= 11 is 4.92. The van der Waals surface area contributed by atoms with Gasteiger partial charge in [-0.1, -0.05) is 0 Å². The van der Waals surface area contributed by atoms with E-state index in [1.807, 2.05) is 23.4 Å². The van der Waals surface area contributed by atoms with E-state index in [9.17, 15) is 4.79 Å². The normalized spacial score (nSPS) is 19.4. The molecule has 94 valence electrons. The lowest BCUT2D eigenvalue weighted by Crippen LogP contribution is -2.51. The molecule has 1 aliphatic rings.